The summed E-state index contributed by atoms with van der Waals surface area (Å²) in [5, 5.41) is 6.20. The molecule has 0 radical (unpaired) electrons. The van der Waals surface area contributed by atoms with Crippen molar-refractivity contribution in [3.63, 3.8) is 0 Å². The van der Waals surface area contributed by atoms with E-state index in [9.17, 15) is 19.2 Å². The first-order valence-electron chi connectivity index (χ1n) is 11.0. The van der Waals surface area contributed by atoms with Crippen LogP contribution < -0.4 is 10.6 Å². The van der Waals surface area contributed by atoms with Crippen LogP contribution in [-0.2, 0) is 32.0 Å². The van der Waals surface area contributed by atoms with Crippen LogP contribution >= 0.6 is 23.1 Å². The SMILES string of the molecule is CCOC(=O)c1c(NC(=O)CS[C@H]2NC(=O)CC(=O)N2CC(C)C)sc2c1CC[C@H](C)C2. The van der Waals surface area contributed by atoms with Crippen molar-refractivity contribution in [1.82, 2.24) is 10.2 Å². The lowest BCUT2D eigenvalue weighted by Crippen LogP contribution is -2.56. The van der Waals surface area contributed by atoms with Gasteiger partial charge in [-0.15, -0.1) is 23.1 Å². The molecule has 8 nitrogen and oxygen atoms in total. The second-order valence-corrected chi connectivity index (χ2v) is 10.8. The molecule has 1 saturated heterocycles. The predicted octanol–water partition coefficient (Wildman–Crippen LogP) is 3.01. The summed E-state index contributed by atoms with van der Waals surface area (Å²) in [5.41, 5.74) is 0.876. The normalized spacial score (nSPS) is 20.7. The highest BCUT2D eigenvalue weighted by atomic mass is 32.2. The molecule has 2 aliphatic rings. The van der Waals surface area contributed by atoms with E-state index in [2.05, 4.69) is 17.6 Å². The van der Waals surface area contributed by atoms with Gasteiger partial charge in [0.2, 0.25) is 17.7 Å². The number of nitrogens with one attached hydrogen (secondary N) is 2. The lowest BCUT2D eigenvalue weighted by Gasteiger charge is -2.36. The molecule has 1 aromatic heterocycles. The Hall–Kier alpha value is -2.07. The van der Waals surface area contributed by atoms with Crippen LogP contribution in [0.25, 0.3) is 0 Å². The van der Waals surface area contributed by atoms with Crippen LogP contribution in [0, 0.1) is 11.8 Å². The molecule has 10 heteroatoms. The molecule has 2 heterocycles. The maximum absolute atomic E-state index is 12.8. The average Bonchev–Trinajstić information content (AvgIpc) is 3.05. The Labute approximate surface area is 196 Å². The maximum atomic E-state index is 12.8. The number of rotatable bonds is 8. The summed E-state index contributed by atoms with van der Waals surface area (Å²) >= 11 is 2.63. The fourth-order valence-electron chi connectivity index (χ4n) is 3.93. The molecule has 32 heavy (non-hydrogen) atoms. The van der Waals surface area contributed by atoms with Gasteiger partial charge >= 0.3 is 5.97 Å². The zero-order valence-electron chi connectivity index (χ0n) is 19.0. The van der Waals surface area contributed by atoms with Crippen molar-refractivity contribution in [3.8, 4) is 0 Å². The minimum Gasteiger partial charge on any atom is -0.462 e. The van der Waals surface area contributed by atoms with Gasteiger partial charge in [-0.05, 0) is 43.6 Å². The van der Waals surface area contributed by atoms with Gasteiger partial charge in [0, 0.05) is 11.4 Å². The third-order valence-electron chi connectivity index (χ3n) is 5.38. The number of thiophene rings is 1. The molecule has 1 fully saturated rings. The fourth-order valence-corrected chi connectivity index (χ4v) is 6.33. The van der Waals surface area contributed by atoms with Gasteiger partial charge in [-0.25, -0.2) is 4.79 Å². The van der Waals surface area contributed by atoms with E-state index in [0.717, 1.165) is 29.7 Å². The Morgan fingerprint density at radius 1 is 1.34 bits per heavy atom. The number of nitrogens with zero attached hydrogens (tertiary/aromatic N) is 1. The second kappa shape index (κ2) is 10.7. The molecule has 1 aromatic rings. The van der Waals surface area contributed by atoms with Crippen molar-refractivity contribution in [2.75, 3.05) is 24.2 Å². The standard InChI is InChI=1S/C22H31N3O5S2/c1-5-30-21(29)19-14-7-6-13(4)8-15(14)32-20(19)23-17(27)11-31-22-24-16(26)9-18(28)25(22)10-12(2)3/h12-13,22H,5-11H2,1-4H3,(H,23,27)(H,24,26)/t13-,22-/m0/s1. The first-order chi connectivity index (χ1) is 15.2. The maximum Gasteiger partial charge on any atom is 0.341 e. The Morgan fingerprint density at radius 2 is 2.09 bits per heavy atom. The van der Waals surface area contributed by atoms with Crippen molar-refractivity contribution in [3.05, 3.63) is 16.0 Å². The van der Waals surface area contributed by atoms with Crippen LogP contribution in [0.5, 0.6) is 0 Å². The van der Waals surface area contributed by atoms with Crippen molar-refractivity contribution < 1.29 is 23.9 Å². The third-order valence-corrected chi connectivity index (χ3v) is 7.66. The van der Waals surface area contributed by atoms with Crippen molar-refractivity contribution >= 4 is 51.8 Å². The highest BCUT2D eigenvalue weighted by Gasteiger charge is 2.33. The summed E-state index contributed by atoms with van der Waals surface area (Å²) in [5.74, 6) is -0.455. The van der Waals surface area contributed by atoms with Gasteiger partial charge in [-0.3, -0.25) is 14.4 Å². The average molecular weight is 482 g/mol. The summed E-state index contributed by atoms with van der Waals surface area (Å²) in [6.45, 7) is 8.70. The molecule has 0 aromatic carbocycles. The van der Waals surface area contributed by atoms with E-state index in [1.165, 1.54) is 23.1 Å². The molecule has 1 aliphatic carbocycles. The summed E-state index contributed by atoms with van der Waals surface area (Å²) in [4.78, 5) is 52.3. The third kappa shape index (κ3) is 5.83. The number of carbonyl (C=O) groups is 4. The van der Waals surface area contributed by atoms with Crippen LogP contribution in [-0.4, -0.2) is 53.0 Å². The van der Waals surface area contributed by atoms with E-state index in [4.69, 9.17) is 4.74 Å². The Bertz CT molecular complexity index is 898. The van der Waals surface area contributed by atoms with Gasteiger partial charge in [0.05, 0.1) is 17.9 Å². The lowest BCUT2D eigenvalue weighted by atomic mass is 9.88. The molecule has 2 atom stereocenters. The summed E-state index contributed by atoms with van der Waals surface area (Å²) in [6, 6.07) is 0. The van der Waals surface area contributed by atoms with E-state index in [1.807, 2.05) is 13.8 Å². The van der Waals surface area contributed by atoms with Gasteiger partial charge in [-0.2, -0.15) is 0 Å². The topological polar surface area (TPSA) is 105 Å². The molecule has 0 unspecified atom stereocenters. The Morgan fingerprint density at radius 3 is 2.78 bits per heavy atom. The van der Waals surface area contributed by atoms with Crippen LogP contribution in [0.2, 0.25) is 0 Å². The number of hydrogen-bond acceptors (Lipinski definition) is 7. The van der Waals surface area contributed by atoms with Crippen molar-refractivity contribution in [1.29, 1.82) is 0 Å². The summed E-state index contributed by atoms with van der Waals surface area (Å²) in [6.07, 6.45) is 2.52. The largest absolute Gasteiger partial charge is 0.462 e. The predicted molar refractivity (Wildman–Crippen MR) is 126 cm³/mol. The van der Waals surface area contributed by atoms with Gasteiger partial charge < -0.3 is 20.3 Å². The van der Waals surface area contributed by atoms with Crippen LogP contribution in [0.3, 0.4) is 0 Å². The molecule has 0 saturated carbocycles. The molecular formula is C22H31N3O5S2. The van der Waals surface area contributed by atoms with Gasteiger partial charge in [0.1, 0.15) is 11.4 Å². The smallest absolute Gasteiger partial charge is 0.341 e. The van der Waals surface area contributed by atoms with E-state index in [1.54, 1.807) is 11.8 Å². The highest BCUT2D eigenvalue weighted by Crippen LogP contribution is 2.40. The molecular weight excluding hydrogens is 450 g/mol. The summed E-state index contributed by atoms with van der Waals surface area (Å²) in [7, 11) is 0. The van der Waals surface area contributed by atoms with Crippen molar-refractivity contribution in [2.24, 2.45) is 11.8 Å². The zero-order valence-corrected chi connectivity index (χ0v) is 20.6. The van der Waals surface area contributed by atoms with Gasteiger partial charge in [-0.1, -0.05) is 20.8 Å². The molecule has 3 rings (SSSR count). The number of fused-ring (bicyclic) bond motifs is 1. The fraction of sp³-hybridized carbons (Fsp3) is 0.636. The highest BCUT2D eigenvalue weighted by molar-refractivity contribution is 8.00. The van der Waals surface area contributed by atoms with E-state index < -0.39 is 11.5 Å². The van der Waals surface area contributed by atoms with E-state index in [-0.39, 0.29) is 42.4 Å². The molecule has 0 spiro atoms. The first-order valence-corrected chi connectivity index (χ1v) is 12.9. The van der Waals surface area contributed by atoms with Gasteiger partial charge in [0.25, 0.3) is 0 Å². The number of carbonyl (C=O) groups excluding carboxylic acids is 4. The van der Waals surface area contributed by atoms with E-state index >= 15 is 0 Å². The van der Waals surface area contributed by atoms with Crippen LogP contribution in [0.15, 0.2) is 0 Å². The summed E-state index contributed by atoms with van der Waals surface area (Å²) < 4.78 is 5.25. The Balaban J connectivity index is 1.71. The number of hydrogen-bond donors (Lipinski definition) is 2. The quantitative estimate of drug-likeness (QED) is 0.437. The number of thioether (sulfide) groups is 1. The monoisotopic (exact) mass is 481 g/mol. The minimum atomic E-state index is -0.584. The molecule has 3 amide bonds. The first kappa shape index (κ1) is 24.6. The molecule has 1 aliphatic heterocycles. The van der Waals surface area contributed by atoms with Crippen LogP contribution in [0.4, 0.5) is 5.00 Å². The number of ether oxygens (including phenoxy) is 1. The number of esters is 1. The minimum absolute atomic E-state index is 0.0358. The molecule has 0 bridgehead atoms. The Kier molecular flexibility index (Phi) is 8.21. The van der Waals surface area contributed by atoms with Crippen molar-refractivity contribution in [2.45, 2.75) is 58.9 Å². The lowest BCUT2D eigenvalue weighted by molar-refractivity contribution is -0.142. The van der Waals surface area contributed by atoms with Crippen LogP contribution in [0.1, 0.15) is 61.3 Å². The molecule has 176 valence electrons. The van der Waals surface area contributed by atoms with E-state index in [0.29, 0.717) is 23.0 Å². The van der Waals surface area contributed by atoms with Gasteiger partial charge in [0.15, 0.2) is 5.50 Å². The molecule has 2 N–H and O–H groups in total. The number of anilines is 1. The number of amides is 3. The second-order valence-electron chi connectivity index (χ2n) is 8.67. The zero-order chi connectivity index (χ0) is 23.4.